The molecule has 130 valence electrons. The predicted molar refractivity (Wildman–Crippen MR) is 87.3 cm³/mol. The number of carbonyl (C=O) groups is 3. The van der Waals surface area contributed by atoms with Gasteiger partial charge in [0.15, 0.2) is 0 Å². The molecular weight excluding hydrogens is 320 g/mol. The van der Waals surface area contributed by atoms with E-state index in [0.717, 1.165) is 30.8 Å². The van der Waals surface area contributed by atoms with Crippen LogP contribution in [0.5, 0.6) is 0 Å². The van der Waals surface area contributed by atoms with Gasteiger partial charge in [0.25, 0.3) is 5.91 Å². The molecule has 3 fully saturated rings. The van der Waals surface area contributed by atoms with Crippen molar-refractivity contribution in [3.05, 3.63) is 0 Å². The smallest absolute Gasteiger partial charge is 0.325 e. The number of piperazine rings is 1. The van der Waals surface area contributed by atoms with E-state index < -0.39 is 17.6 Å². The van der Waals surface area contributed by atoms with Crippen molar-refractivity contribution < 1.29 is 14.4 Å². The molecule has 3 rings (SSSR count). The summed E-state index contributed by atoms with van der Waals surface area (Å²) in [6.45, 7) is 5.72. The summed E-state index contributed by atoms with van der Waals surface area (Å²) in [6, 6.07) is -1.09. The number of rotatable bonds is 2. The van der Waals surface area contributed by atoms with E-state index in [2.05, 4.69) is 10.6 Å². The Morgan fingerprint density at radius 3 is 2.57 bits per heavy atom. The lowest BCUT2D eigenvalue weighted by molar-refractivity contribution is -0.144. The summed E-state index contributed by atoms with van der Waals surface area (Å²) in [6.07, 6.45) is 3.24. The highest BCUT2D eigenvalue weighted by atomic mass is 35.5. The number of urea groups is 1. The fraction of sp³-hybridized carbons (Fsp3) is 0.800. The highest BCUT2D eigenvalue weighted by Gasteiger charge is 2.54. The third-order valence-corrected chi connectivity index (χ3v) is 5.18. The van der Waals surface area contributed by atoms with Gasteiger partial charge in [0.2, 0.25) is 5.91 Å². The van der Waals surface area contributed by atoms with Crippen LogP contribution in [0.25, 0.3) is 0 Å². The molecule has 8 heteroatoms. The van der Waals surface area contributed by atoms with Crippen LogP contribution in [0.15, 0.2) is 0 Å². The van der Waals surface area contributed by atoms with Gasteiger partial charge in [-0.05, 0) is 26.7 Å². The number of imide groups is 1. The fourth-order valence-electron chi connectivity index (χ4n) is 3.83. The monoisotopic (exact) mass is 344 g/mol. The summed E-state index contributed by atoms with van der Waals surface area (Å²) in [5.74, 6) is -0.369. The van der Waals surface area contributed by atoms with Crippen LogP contribution in [-0.2, 0) is 9.59 Å². The molecule has 2 N–H and O–H groups in total. The molecule has 2 aliphatic heterocycles. The van der Waals surface area contributed by atoms with Gasteiger partial charge in [-0.3, -0.25) is 9.59 Å². The number of nitrogens with one attached hydrogen (secondary N) is 2. The van der Waals surface area contributed by atoms with Crippen molar-refractivity contribution in [2.24, 2.45) is 0 Å². The van der Waals surface area contributed by atoms with Crippen LogP contribution >= 0.6 is 12.4 Å². The molecular formula is C15H25ClN4O3. The molecule has 23 heavy (non-hydrogen) atoms. The van der Waals surface area contributed by atoms with Crippen molar-refractivity contribution in [1.82, 2.24) is 20.4 Å². The maximum Gasteiger partial charge on any atom is 0.325 e. The van der Waals surface area contributed by atoms with Gasteiger partial charge in [-0.1, -0.05) is 12.8 Å². The summed E-state index contributed by atoms with van der Waals surface area (Å²) < 4.78 is 0. The Morgan fingerprint density at radius 2 is 1.96 bits per heavy atom. The third kappa shape index (κ3) is 2.92. The first-order chi connectivity index (χ1) is 10.5. The molecule has 2 saturated heterocycles. The maximum absolute atomic E-state index is 12.7. The second-order valence-corrected chi connectivity index (χ2v) is 6.66. The number of hydrogen-bond acceptors (Lipinski definition) is 4. The highest BCUT2D eigenvalue weighted by Crippen LogP contribution is 2.36. The first-order valence-electron chi connectivity index (χ1n) is 8.13. The molecule has 0 bridgehead atoms. The zero-order valence-corrected chi connectivity index (χ0v) is 14.4. The van der Waals surface area contributed by atoms with Crippen LogP contribution in [0.4, 0.5) is 4.79 Å². The van der Waals surface area contributed by atoms with E-state index in [-0.39, 0.29) is 30.3 Å². The zero-order valence-electron chi connectivity index (χ0n) is 13.6. The molecule has 0 aromatic heterocycles. The Morgan fingerprint density at radius 1 is 1.30 bits per heavy atom. The number of nitrogens with zero attached hydrogens (tertiary/aromatic N) is 2. The second-order valence-electron chi connectivity index (χ2n) is 6.66. The van der Waals surface area contributed by atoms with Gasteiger partial charge < -0.3 is 15.5 Å². The SMILES string of the molecule is CC(C(=O)N1CCNC[C@H]1C)N1C(=O)NC2(CCCC2)C1=O.Cl. The Kier molecular flexibility index (Phi) is 5.20. The topological polar surface area (TPSA) is 81.8 Å². The average Bonchev–Trinajstić information content (AvgIpc) is 3.05. The number of amides is 4. The van der Waals surface area contributed by atoms with Gasteiger partial charge in [-0.25, -0.2) is 9.69 Å². The Labute approximate surface area is 142 Å². The number of halogens is 1. The van der Waals surface area contributed by atoms with E-state index in [4.69, 9.17) is 0 Å². The van der Waals surface area contributed by atoms with Crippen LogP contribution in [-0.4, -0.2) is 64.9 Å². The van der Waals surface area contributed by atoms with E-state index in [9.17, 15) is 14.4 Å². The van der Waals surface area contributed by atoms with Crippen molar-refractivity contribution in [3.8, 4) is 0 Å². The minimum Gasteiger partial charge on any atom is -0.336 e. The fourth-order valence-corrected chi connectivity index (χ4v) is 3.83. The third-order valence-electron chi connectivity index (χ3n) is 5.18. The van der Waals surface area contributed by atoms with Crippen LogP contribution in [0.2, 0.25) is 0 Å². The van der Waals surface area contributed by atoms with Crippen LogP contribution in [0, 0.1) is 0 Å². The van der Waals surface area contributed by atoms with E-state index in [0.29, 0.717) is 19.4 Å². The minimum atomic E-state index is -0.749. The molecule has 2 atom stereocenters. The first kappa shape index (κ1) is 18.0. The summed E-state index contributed by atoms with van der Waals surface area (Å²) in [4.78, 5) is 40.6. The summed E-state index contributed by atoms with van der Waals surface area (Å²) >= 11 is 0. The maximum atomic E-state index is 12.7. The lowest BCUT2D eigenvalue weighted by atomic mass is 9.97. The molecule has 2 heterocycles. The standard InChI is InChI=1S/C15H24N4O3.ClH/c1-10-9-16-7-8-18(10)12(20)11(2)19-13(21)15(17-14(19)22)5-3-4-6-15;/h10-11,16H,3-9H2,1-2H3,(H,17,22);1H/t10-,11?;/m1./s1. The second kappa shape index (κ2) is 6.65. The molecule has 0 aromatic carbocycles. The van der Waals surface area contributed by atoms with Crippen molar-refractivity contribution in [1.29, 1.82) is 0 Å². The Bertz CT molecular complexity index is 507. The van der Waals surface area contributed by atoms with Crippen molar-refractivity contribution in [3.63, 3.8) is 0 Å². The molecule has 3 aliphatic rings. The summed E-state index contributed by atoms with van der Waals surface area (Å²) in [5, 5.41) is 6.06. The molecule has 1 saturated carbocycles. The summed E-state index contributed by atoms with van der Waals surface area (Å²) in [5.41, 5.74) is -0.749. The van der Waals surface area contributed by atoms with Gasteiger partial charge in [0.05, 0.1) is 0 Å². The van der Waals surface area contributed by atoms with Gasteiger partial charge in [-0.15, -0.1) is 12.4 Å². The van der Waals surface area contributed by atoms with Crippen LogP contribution < -0.4 is 10.6 Å². The lowest BCUT2D eigenvalue weighted by Crippen LogP contribution is -2.58. The average molecular weight is 345 g/mol. The van der Waals surface area contributed by atoms with Crippen LogP contribution in [0.1, 0.15) is 39.5 Å². The first-order valence-corrected chi connectivity index (χ1v) is 8.13. The van der Waals surface area contributed by atoms with E-state index >= 15 is 0 Å². The number of hydrogen-bond donors (Lipinski definition) is 2. The van der Waals surface area contributed by atoms with Crippen LogP contribution in [0.3, 0.4) is 0 Å². The molecule has 4 amide bonds. The van der Waals surface area contributed by atoms with Crippen molar-refractivity contribution in [2.45, 2.75) is 57.2 Å². The molecule has 7 nitrogen and oxygen atoms in total. The largest absolute Gasteiger partial charge is 0.336 e. The van der Waals surface area contributed by atoms with Gasteiger partial charge in [0, 0.05) is 25.7 Å². The van der Waals surface area contributed by atoms with Crippen molar-refractivity contribution in [2.75, 3.05) is 19.6 Å². The van der Waals surface area contributed by atoms with E-state index in [1.54, 1.807) is 11.8 Å². The molecule has 1 aliphatic carbocycles. The predicted octanol–water partition coefficient (Wildman–Crippen LogP) is 0.482. The van der Waals surface area contributed by atoms with Gasteiger partial charge >= 0.3 is 6.03 Å². The zero-order chi connectivity index (χ0) is 15.9. The Balaban J connectivity index is 0.00000192. The van der Waals surface area contributed by atoms with Crippen molar-refractivity contribution >= 4 is 30.3 Å². The molecule has 0 radical (unpaired) electrons. The Hall–Kier alpha value is -1.34. The number of carbonyl (C=O) groups excluding carboxylic acids is 3. The molecule has 1 spiro atoms. The van der Waals surface area contributed by atoms with Gasteiger partial charge in [0.1, 0.15) is 11.6 Å². The molecule has 0 aromatic rings. The van der Waals surface area contributed by atoms with E-state index in [1.165, 1.54) is 0 Å². The van der Waals surface area contributed by atoms with E-state index in [1.807, 2.05) is 6.92 Å². The quantitative estimate of drug-likeness (QED) is 0.714. The van der Waals surface area contributed by atoms with Gasteiger partial charge in [-0.2, -0.15) is 0 Å². The lowest BCUT2D eigenvalue weighted by Gasteiger charge is -2.37. The normalized spacial score (nSPS) is 27.8. The minimum absolute atomic E-state index is 0. The highest BCUT2D eigenvalue weighted by molar-refractivity contribution is 6.10. The molecule has 1 unspecified atom stereocenters. The summed E-state index contributed by atoms with van der Waals surface area (Å²) in [7, 11) is 0.